The number of hydrogen-bond donors (Lipinski definition) is 2. The second-order valence-electron chi connectivity index (χ2n) is 11.2. The smallest absolute Gasteiger partial charge is 0.110 e. The minimum Gasteiger partial charge on any atom is -0.386 e. The van der Waals surface area contributed by atoms with E-state index in [1.165, 1.54) is 29.5 Å². The largest absolute Gasteiger partial charge is 0.386 e. The zero-order valence-corrected chi connectivity index (χ0v) is 21.9. The first-order valence-corrected chi connectivity index (χ1v) is 13.4. The number of hydrogen-bond acceptors (Lipinski definition) is 6. The lowest BCUT2D eigenvalue weighted by Crippen LogP contribution is -2.43. The van der Waals surface area contributed by atoms with Crippen LogP contribution < -0.4 is 4.90 Å². The molecule has 6 nitrogen and oxygen atoms in total. The van der Waals surface area contributed by atoms with Crippen LogP contribution in [0.15, 0.2) is 67.0 Å². The summed E-state index contributed by atoms with van der Waals surface area (Å²) in [5, 5.41) is 32.1. The van der Waals surface area contributed by atoms with Gasteiger partial charge in [0.15, 0.2) is 0 Å². The number of nitrogens with zero attached hydrogens (tertiary/aromatic N) is 4. The highest BCUT2D eigenvalue weighted by Gasteiger charge is 2.38. The number of aromatic nitrogens is 2. The SMILES string of the molecule is CC(C)(O)c1ccc(C2(O)CCN(c3cnc4c(-c5ccc(C#N)cc5)cccc4c3C3CC3)CC2)nc1. The van der Waals surface area contributed by atoms with Crippen molar-refractivity contribution < 1.29 is 10.2 Å². The van der Waals surface area contributed by atoms with Crippen LogP contribution in [0.3, 0.4) is 0 Å². The summed E-state index contributed by atoms with van der Waals surface area (Å²) in [5.41, 5.74) is 5.77. The van der Waals surface area contributed by atoms with Crippen LogP contribution >= 0.6 is 0 Å². The molecule has 2 aromatic carbocycles. The minimum atomic E-state index is -0.985. The van der Waals surface area contributed by atoms with E-state index in [1.807, 2.05) is 42.6 Å². The molecule has 0 bridgehead atoms. The van der Waals surface area contributed by atoms with Crippen molar-refractivity contribution in [2.24, 2.45) is 0 Å². The predicted molar refractivity (Wildman–Crippen MR) is 149 cm³/mol. The molecule has 38 heavy (non-hydrogen) atoms. The average Bonchev–Trinajstić information content (AvgIpc) is 3.78. The monoisotopic (exact) mass is 504 g/mol. The molecule has 6 rings (SSSR count). The summed E-state index contributed by atoms with van der Waals surface area (Å²) in [6, 6.07) is 20.0. The number of piperidine rings is 1. The molecule has 3 heterocycles. The van der Waals surface area contributed by atoms with Gasteiger partial charge in [0.1, 0.15) is 5.60 Å². The molecule has 0 radical (unpaired) electrons. The summed E-state index contributed by atoms with van der Waals surface area (Å²) in [6.07, 6.45) is 7.21. The standard InChI is InChI=1S/C32H32N4O2/c1-31(2,37)24-12-13-28(34-19-24)32(38)14-16-36(17-15-32)27-20-35-30-25(22-8-6-21(18-33)7-9-22)4-3-5-26(30)29(27)23-10-11-23/h3-9,12-13,19-20,23,37-38H,10-11,14-17H2,1-2H3. The zero-order valence-electron chi connectivity index (χ0n) is 21.9. The number of fused-ring (bicyclic) bond motifs is 1. The molecule has 1 saturated carbocycles. The van der Waals surface area contributed by atoms with Crippen molar-refractivity contribution in [3.05, 3.63) is 89.4 Å². The Labute approximate surface area is 223 Å². The van der Waals surface area contributed by atoms with E-state index in [0.717, 1.165) is 22.2 Å². The molecule has 2 aliphatic rings. The number of para-hydroxylation sites is 1. The van der Waals surface area contributed by atoms with Crippen LogP contribution in [-0.2, 0) is 11.2 Å². The molecule has 1 aliphatic carbocycles. The quantitative estimate of drug-likeness (QED) is 0.359. The predicted octanol–water partition coefficient (Wildman–Crippen LogP) is 5.76. The summed E-state index contributed by atoms with van der Waals surface area (Å²) >= 11 is 0. The van der Waals surface area contributed by atoms with Gasteiger partial charge in [-0.05, 0) is 74.8 Å². The second-order valence-corrected chi connectivity index (χ2v) is 11.2. The van der Waals surface area contributed by atoms with Crippen molar-refractivity contribution in [3.8, 4) is 17.2 Å². The molecule has 2 aromatic heterocycles. The summed E-state index contributed by atoms with van der Waals surface area (Å²) in [7, 11) is 0. The minimum absolute atomic E-state index is 0.531. The Bertz CT molecular complexity index is 1520. The highest BCUT2D eigenvalue weighted by atomic mass is 16.3. The van der Waals surface area contributed by atoms with E-state index in [4.69, 9.17) is 4.98 Å². The summed E-state index contributed by atoms with van der Waals surface area (Å²) in [6.45, 7) is 4.90. The molecule has 0 spiro atoms. The van der Waals surface area contributed by atoms with Crippen LogP contribution in [0.25, 0.3) is 22.0 Å². The third-order valence-electron chi connectivity index (χ3n) is 8.11. The molecule has 4 aromatic rings. The Morgan fingerprint density at radius 3 is 2.32 bits per heavy atom. The van der Waals surface area contributed by atoms with Gasteiger partial charge in [0, 0.05) is 35.8 Å². The Kier molecular flexibility index (Phi) is 5.94. The summed E-state index contributed by atoms with van der Waals surface area (Å²) in [5.74, 6) is 0.531. The van der Waals surface area contributed by atoms with Gasteiger partial charge in [0.2, 0.25) is 0 Å². The summed E-state index contributed by atoms with van der Waals surface area (Å²) in [4.78, 5) is 11.9. The summed E-state index contributed by atoms with van der Waals surface area (Å²) < 4.78 is 0. The number of nitriles is 1. The topological polar surface area (TPSA) is 93.3 Å². The zero-order chi connectivity index (χ0) is 26.5. The second kappa shape index (κ2) is 9.20. The first kappa shape index (κ1) is 24.5. The van der Waals surface area contributed by atoms with Crippen molar-refractivity contribution in [1.82, 2.24) is 9.97 Å². The van der Waals surface area contributed by atoms with Gasteiger partial charge in [-0.2, -0.15) is 5.26 Å². The van der Waals surface area contributed by atoms with Gasteiger partial charge in [-0.1, -0.05) is 36.4 Å². The fourth-order valence-corrected chi connectivity index (χ4v) is 5.65. The van der Waals surface area contributed by atoms with E-state index in [9.17, 15) is 15.5 Å². The Morgan fingerprint density at radius 1 is 0.974 bits per heavy atom. The van der Waals surface area contributed by atoms with Gasteiger partial charge in [0.05, 0.1) is 40.3 Å². The van der Waals surface area contributed by atoms with Crippen molar-refractivity contribution >= 4 is 16.6 Å². The van der Waals surface area contributed by atoms with Gasteiger partial charge in [-0.3, -0.25) is 9.97 Å². The third-order valence-corrected chi connectivity index (χ3v) is 8.11. The average molecular weight is 505 g/mol. The highest BCUT2D eigenvalue weighted by Crippen LogP contribution is 2.49. The molecule has 1 aliphatic heterocycles. The maximum atomic E-state index is 11.5. The van der Waals surface area contributed by atoms with E-state index >= 15 is 0 Å². The molecule has 0 unspecified atom stereocenters. The molecular weight excluding hydrogens is 472 g/mol. The van der Waals surface area contributed by atoms with E-state index < -0.39 is 11.2 Å². The number of rotatable bonds is 5. The maximum Gasteiger partial charge on any atom is 0.110 e. The molecule has 2 fully saturated rings. The normalized spacial score (nSPS) is 17.4. The van der Waals surface area contributed by atoms with E-state index in [-0.39, 0.29) is 0 Å². The lowest BCUT2D eigenvalue weighted by Gasteiger charge is -2.39. The van der Waals surface area contributed by atoms with Gasteiger partial charge in [-0.25, -0.2) is 0 Å². The number of aliphatic hydroxyl groups is 2. The van der Waals surface area contributed by atoms with Crippen LogP contribution in [0.4, 0.5) is 5.69 Å². The van der Waals surface area contributed by atoms with Crippen molar-refractivity contribution in [2.45, 2.75) is 56.7 Å². The van der Waals surface area contributed by atoms with E-state index in [2.05, 4.69) is 34.2 Å². The van der Waals surface area contributed by atoms with Crippen molar-refractivity contribution in [2.75, 3.05) is 18.0 Å². The molecular formula is C32H32N4O2. The van der Waals surface area contributed by atoms with Gasteiger partial charge in [0.25, 0.3) is 0 Å². The molecule has 0 atom stereocenters. The fourth-order valence-electron chi connectivity index (χ4n) is 5.65. The van der Waals surface area contributed by atoms with Crippen LogP contribution in [0.1, 0.15) is 67.8 Å². The Hall–Kier alpha value is -3.79. The molecule has 6 heteroatoms. The van der Waals surface area contributed by atoms with Crippen LogP contribution in [0.2, 0.25) is 0 Å². The lowest BCUT2D eigenvalue weighted by atomic mass is 9.86. The number of anilines is 1. The third kappa shape index (κ3) is 4.42. The van der Waals surface area contributed by atoms with Crippen LogP contribution in [0.5, 0.6) is 0 Å². The Morgan fingerprint density at radius 2 is 1.71 bits per heavy atom. The first-order valence-electron chi connectivity index (χ1n) is 13.4. The lowest BCUT2D eigenvalue weighted by molar-refractivity contribution is 0.00725. The van der Waals surface area contributed by atoms with E-state index in [0.29, 0.717) is 43.1 Å². The molecule has 192 valence electrons. The Balaban J connectivity index is 1.30. The van der Waals surface area contributed by atoms with Crippen molar-refractivity contribution in [3.63, 3.8) is 0 Å². The molecule has 2 N–H and O–H groups in total. The van der Waals surface area contributed by atoms with E-state index in [1.54, 1.807) is 20.0 Å². The fraction of sp³-hybridized carbons (Fsp3) is 0.344. The maximum absolute atomic E-state index is 11.5. The highest BCUT2D eigenvalue weighted by molar-refractivity contribution is 5.98. The number of pyridine rings is 2. The van der Waals surface area contributed by atoms with Gasteiger partial charge in [-0.15, -0.1) is 0 Å². The first-order chi connectivity index (χ1) is 18.3. The van der Waals surface area contributed by atoms with Crippen LogP contribution in [0, 0.1) is 11.3 Å². The molecule has 1 saturated heterocycles. The number of benzene rings is 2. The van der Waals surface area contributed by atoms with Gasteiger partial charge < -0.3 is 15.1 Å². The van der Waals surface area contributed by atoms with Gasteiger partial charge >= 0.3 is 0 Å². The van der Waals surface area contributed by atoms with Crippen molar-refractivity contribution in [1.29, 1.82) is 5.26 Å². The van der Waals surface area contributed by atoms with Crippen LogP contribution in [-0.4, -0.2) is 33.3 Å². The molecule has 0 amide bonds.